The van der Waals surface area contributed by atoms with E-state index in [1.807, 2.05) is 0 Å². The van der Waals surface area contributed by atoms with Gasteiger partial charge in [0.05, 0.1) is 12.6 Å². The number of hydrogen-bond acceptors (Lipinski definition) is 6. The SMILES string of the molecule is CC(=O)N[C@@H]1[C@@H](O)[C@@H](O)[C@@H](CO)O[C@@H]1S. The lowest BCUT2D eigenvalue weighted by molar-refractivity contribution is -0.173. The molecule has 4 N–H and O–H groups in total. The lowest BCUT2D eigenvalue weighted by Gasteiger charge is -2.40. The number of hydrogen-bond donors (Lipinski definition) is 5. The Morgan fingerprint density at radius 1 is 1.47 bits per heavy atom. The van der Waals surface area contributed by atoms with Gasteiger partial charge in [0.15, 0.2) is 0 Å². The van der Waals surface area contributed by atoms with Crippen LogP contribution in [0.5, 0.6) is 0 Å². The summed E-state index contributed by atoms with van der Waals surface area (Å²) in [7, 11) is 0. The van der Waals surface area contributed by atoms with Crippen molar-refractivity contribution in [2.75, 3.05) is 6.61 Å². The second-order valence-electron chi connectivity index (χ2n) is 3.46. The standard InChI is InChI=1S/C8H15NO5S/c1-3(11)9-5-7(13)6(12)4(2-10)14-8(5)15/h4-8,10,12-13,15H,2H2,1H3,(H,9,11)/t4-,5-,6+,7-,8-/m1/s1. The van der Waals surface area contributed by atoms with E-state index in [1.165, 1.54) is 6.92 Å². The number of ether oxygens (including phenoxy) is 1. The van der Waals surface area contributed by atoms with Gasteiger partial charge in [-0.1, -0.05) is 0 Å². The Kier molecular flexibility index (Phi) is 4.35. The van der Waals surface area contributed by atoms with Crippen molar-refractivity contribution < 1.29 is 24.9 Å². The van der Waals surface area contributed by atoms with Crippen LogP contribution in [0.15, 0.2) is 0 Å². The molecule has 1 fully saturated rings. The van der Waals surface area contributed by atoms with Crippen LogP contribution in [0.2, 0.25) is 0 Å². The van der Waals surface area contributed by atoms with Crippen molar-refractivity contribution in [3.05, 3.63) is 0 Å². The molecule has 0 aromatic carbocycles. The van der Waals surface area contributed by atoms with Crippen LogP contribution in [0, 0.1) is 0 Å². The molecule has 0 aromatic heterocycles. The van der Waals surface area contributed by atoms with Gasteiger partial charge >= 0.3 is 0 Å². The quantitative estimate of drug-likeness (QED) is 0.353. The number of carbonyl (C=O) groups excluding carboxylic acids is 1. The summed E-state index contributed by atoms with van der Waals surface area (Å²) in [5.41, 5.74) is -0.760. The molecule has 0 bridgehead atoms. The fourth-order valence-electron chi connectivity index (χ4n) is 1.49. The van der Waals surface area contributed by atoms with Crippen LogP contribution in [0.4, 0.5) is 0 Å². The van der Waals surface area contributed by atoms with Gasteiger partial charge in [0.1, 0.15) is 23.7 Å². The van der Waals surface area contributed by atoms with Crippen molar-refractivity contribution in [2.24, 2.45) is 0 Å². The highest BCUT2D eigenvalue weighted by Gasteiger charge is 2.43. The minimum atomic E-state index is -1.24. The van der Waals surface area contributed by atoms with Crippen LogP contribution in [-0.2, 0) is 9.53 Å². The van der Waals surface area contributed by atoms with Crippen LogP contribution in [0.25, 0.3) is 0 Å². The first-order chi connectivity index (χ1) is 6.97. The van der Waals surface area contributed by atoms with E-state index in [-0.39, 0.29) is 5.91 Å². The highest BCUT2D eigenvalue weighted by Crippen LogP contribution is 2.22. The number of aliphatic hydroxyl groups is 3. The maximum Gasteiger partial charge on any atom is 0.217 e. The van der Waals surface area contributed by atoms with Crippen LogP contribution >= 0.6 is 12.6 Å². The van der Waals surface area contributed by atoms with Gasteiger partial charge in [-0.2, -0.15) is 0 Å². The molecule has 5 atom stereocenters. The second-order valence-corrected chi connectivity index (χ2v) is 3.96. The molecule has 0 aromatic rings. The Morgan fingerprint density at radius 2 is 2.07 bits per heavy atom. The number of aliphatic hydroxyl groups excluding tert-OH is 3. The highest BCUT2D eigenvalue weighted by molar-refractivity contribution is 7.80. The molecule has 1 rings (SSSR count). The lowest BCUT2D eigenvalue weighted by Crippen LogP contribution is -2.62. The summed E-state index contributed by atoms with van der Waals surface area (Å²) in [6.07, 6.45) is -3.33. The third kappa shape index (κ3) is 2.82. The van der Waals surface area contributed by atoms with Gasteiger partial charge in [-0.15, -0.1) is 12.6 Å². The van der Waals surface area contributed by atoms with E-state index in [1.54, 1.807) is 0 Å². The zero-order valence-electron chi connectivity index (χ0n) is 8.20. The zero-order valence-corrected chi connectivity index (χ0v) is 9.09. The van der Waals surface area contributed by atoms with Crippen molar-refractivity contribution in [1.29, 1.82) is 0 Å². The molecule has 0 aliphatic carbocycles. The van der Waals surface area contributed by atoms with Gasteiger partial charge < -0.3 is 25.4 Å². The minimum absolute atomic E-state index is 0.351. The van der Waals surface area contributed by atoms with E-state index in [9.17, 15) is 15.0 Å². The van der Waals surface area contributed by atoms with Gasteiger partial charge in [0.2, 0.25) is 5.91 Å². The van der Waals surface area contributed by atoms with Gasteiger partial charge in [-0.25, -0.2) is 0 Å². The molecule has 0 radical (unpaired) electrons. The fraction of sp³-hybridized carbons (Fsp3) is 0.875. The third-order valence-electron chi connectivity index (χ3n) is 2.27. The summed E-state index contributed by atoms with van der Waals surface area (Å²) >= 11 is 4.02. The molecule has 6 nitrogen and oxygen atoms in total. The second kappa shape index (κ2) is 5.13. The predicted octanol–water partition coefficient (Wildman–Crippen LogP) is -2.14. The fourth-order valence-corrected chi connectivity index (χ4v) is 1.89. The Bertz CT molecular complexity index is 239. The molecule has 1 heterocycles. The summed E-state index contributed by atoms with van der Waals surface area (Å²) in [5, 5.41) is 30.4. The van der Waals surface area contributed by atoms with Crippen molar-refractivity contribution in [3.8, 4) is 0 Å². The van der Waals surface area contributed by atoms with E-state index in [0.29, 0.717) is 0 Å². The van der Waals surface area contributed by atoms with Crippen molar-refractivity contribution >= 4 is 18.5 Å². The van der Waals surface area contributed by atoms with Gasteiger partial charge in [-0.3, -0.25) is 4.79 Å². The number of carbonyl (C=O) groups is 1. The maximum absolute atomic E-state index is 10.8. The normalized spacial score (nSPS) is 41.3. The van der Waals surface area contributed by atoms with Gasteiger partial charge in [0.25, 0.3) is 0 Å². The number of thiol groups is 1. The Balaban J connectivity index is 2.70. The molecule has 0 unspecified atom stereocenters. The van der Waals surface area contributed by atoms with Crippen LogP contribution < -0.4 is 5.32 Å². The number of amides is 1. The summed E-state index contributed by atoms with van der Waals surface area (Å²) < 4.78 is 5.12. The molecule has 7 heteroatoms. The van der Waals surface area contributed by atoms with Crippen molar-refractivity contribution in [2.45, 2.75) is 36.7 Å². The summed E-state index contributed by atoms with van der Waals surface area (Å²) in [4.78, 5) is 10.8. The topological polar surface area (TPSA) is 99.0 Å². The smallest absolute Gasteiger partial charge is 0.217 e. The largest absolute Gasteiger partial charge is 0.394 e. The van der Waals surface area contributed by atoms with Gasteiger partial charge in [-0.05, 0) is 0 Å². The summed E-state index contributed by atoms with van der Waals surface area (Å²) in [6.45, 7) is 0.875. The van der Waals surface area contributed by atoms with E-state index in [2.05, 4.69) is 17.9 Å². The first-order valence-electron chi connectivity index (χ1n) is 4.55. The van der Waals surface area contributed by atoms with Crippen LogP contribution in [0.3, 0.4) is 0 Å². The third-order valence-corrected chi connectivity index (χ3v) is 2.71. The Hall–Kier alpha value is -0.340. The molecule has 1 aliphatic rings. The first kappa shape index (κ1) is 12.7. The van der Waals surface area contributed by atoms with E-state index in [4.69, 9.17) is 9.84 Å². The average molecular weight is 237 g/mol. The Morgan fingerprint density at radius 3 is 2.53 bits per heavy atom. The molecule has 88 valence electrons. The minimum Gasteiger partial charge on any atom is -0.394 e. The summed E-state index contributed by atoms with van der Waals surface area (Å²) in [6, 6.07) is -0.788. The average Bonchev–Trinajstić information content (AvgIpc) is 2.18. The predicted molar refractivity (Wildman–Crippen MR) is 54.4 cm³/mol. The van der Waals surface area contributed by atoms with E-state index in [0.717, 1.165) is 0 Å². The van der Waals surface area contributed by atoms with E-state index >= 15 is 0 Å². The molecule has 1 aliphatic heterocycles. The monoisotopic (exact) mass is 237 g/mol. The first-order valence-corrected chi connectivity index (χ1v) is 5.06. The van der Waals surface area contributed by atoms with Crippen LogP contribution in [-0.4, -0.2) is 57.6 Å². The highest BCUT2D eigenvalue weighted by atomic mass is 32.1. The molecule has 1 amide bonds. The van der Waals surface area contributed by atoms with Crippen molar-refractivity contribution in [1.82, 2.24) is 5.32 Å². The van der Waals surface area contributed by atoms with Crippen LogP contribution in [0.1, 0.15) is 6.92 Å². The molecular weight excluding hydrogens is 222 g/mol. The number of rotatable bonds is 2. The Labute approximate surface area is 92.7 Å². The number of nitrogens with one attached hydrogen (secondary N) is 1. The molecule has 1 saturated heterocycles. The summed E-state index contributed by atoms with van der Waals surface area (Å²) in [5.74, 6) is -0.351. The molecule has 15 heavy (non-hydrogen) atoms. The molecule has 0 saturated carbocycles. The molecular formula is C8H15NO5S. The lowest BCUT2D eigenvalue weighted by atomic mass is 9.98. The van der Waals surface area contributed by atoms with Gasteiger partial charge in [0, 0.05) is 6.92 Å². The zero-order chi connectivity index (χ0) is 11.6. The van der Waals surface area contributed by atoms with Crippen molar-refractivity contribution in [3.63, 3.8) is 0 Å². The molecule has 0 spiro atoms. The maximum atomic E-state index is 10.8. The van der Waals surface area contributed by atoms with E-state index < -0.39 is 36.4 Å².